The van der Waals surface area contributed by atoms with Gasteiger partial charge in [0.25, 0.3) is 0 Å². The van der Waals surface area contributed by atoms with Gasteiger partial charge in [0.2, 0.25) is 0 Å². The zero-order valence-corrected chi connectivity index (χ0v) is 12.1. The lowest BCUT2D eigenvalue weighted by Gasteiger charge is -2.36. The number of piperidine rings is 1. The van der Waals surface area contributed by atoms with Crippen molar-refractivity contribution in [2.45, 2.75) is 32.7 Å². The Labute approximate surface area is 115 Å². The number of likely N-dealkylation sites (tertiary alicyclic amines) is 1. The number of urea groups is 1. The third-order valence-corrected chi connectivity index (χ3v) is 3.56. The fraction of sp³-hybridized carbons (Fsp3) is 0.846. The van der Waals surface area contributed by atoms with Crippen LogP contribution in [0.25, 0.3) is 0 Å². The van der Waals surface area contributed by atoms with Crippen molar-refractivity contribution in [3.8, 4) is 0 Å². The molecule has 1 aliphatic rings. The van der Waals surface area contributed by atoms with Crippen molar-refractivity contribution in [3.63, 3.8) is 0 Å². The molecule has 0 unspecified atom stereocenters. The van der Waals surface area contributed by atoms with Gasteiger partial charge < -0.3 is 19.9 Å². The van der Waals surface area contributed by atoms with Crippen molar-refractivity contribution in [2.75, 3.05) is 39.8 Å². The molecule has 0 radical (unpaired) electrons. The molecule has 1 N–H and O–H groups in total. The van der Waals surface area contributed by atoms with Crippen LogP contribution in [-0.2, 0) is 9.53 Å². The van der Waals surface area contributed by atoms with Crippen LogP contribution >= 0.6 is 0 Å². The number of esters is 1. The van der Waals surface area contributed by atoms with E-state index < -0.39 is 5.97 Å². The summed E-state index contributed by atoms with van der Waals surface area (Å²) in [7, 11) is 1.78. The van der Waals surface area contributed by atoms with Crippen molar-refractivity contribution >= 4 is 12.0 Å². The number of carbonyl (C=O) groups is 2. The highest BCUT2D eigenvalue weighted by Gasteiger charge is 2.24. The largest absolute Gasteiger partial charge is 0.465 e. The molecule has 1 rings (SSSR count). The monoisotopic (exact) mass is 271 g/mol. The SMILES string of the molecule is CCOC(=O)CNC(=O)N(C)C1CCN(CC)CC1. The first kappa shape index (κ1) is 15.8. The molecule has 0 aromatic heterocycles. The van der Waals surface area contributed by atoms with E-state index in [2.05, 4.69) is 17.1 Å². The molecule has 0 bridgehead atoms. The van der Waals surface area contributed by atoms with E-state index >= 15 is 0 Å². The smallest absolute Gasteiger partial charge is 0.325 e. The van der Waals surface area contributed by atoms with E-state index in [9.17, 15) is 9.59 Å². The van der Waals surface area contributed by atoms with Crippen molar-refractivity contribution in [1.29, 1.82) is 0 Å². The first-order valence-corrected chi connectivity index (χ1v) is 6.97. The molecule has 110 valence electrons. The van der Waals surface area contributed by atoms with E-state index in [1.54, 1.807) is 18.9 Å². The lowest BCUT2D eigenvalue weighted by atomic mass is 10.0. The average molecular weight is 271 g/mol. The molecule has 0 saturated carbocycles. The summed E-state index contributed by atoms with van der Waals surface area (Å²) in [6, 6.07) is 0.0491. The summed E-state index contributed by atoms with van der Waals surface area (Å²) < 4.78 is 4.77. The summed E-state index contributed by atoms with van der Waals surface area (Å²) >= 11 is 0. The Hall–Kier alpha value is -1.30. The fourth-order valence-corrected chi connectivity index (χ4v) is 2.27. The lowest BCUT2D eigenvalue weighted by molar-refractivity contribution is -0.141. The van der Waals surface area contributed by atoms with Crippen LogP contribution in [0.3, 0.4) is 0 Å². The molecule has 0 aromatic carbocycles. The second kappa shape index (κ2) is 7.99. The predicted octanol–water partition coefficient (Wildman–Crippen LogP) is 0.675. The molecule has 2 amide bonds. The highest BCUT2D eigenvalue weighted by atomic mass is 16.5. The van der Waals surface area contributed by atoms with Crippen LogP contribution in [0.15, 0.2) is 0 Å². The first-order chi connectivity index (χ1) is 9.08. The van der Waals surface area contributed by atoms with E-state index in [0.717, 1.165) is 32.5 Å². The summed E-state index contributed by atoms with van der Waals surface area (Å²) in [6.45, 7) is 7.27. The van der Waals surface area contributed by atoms with Gasteiger partial charge in [-0.25, -0.2) is 4.79 Å². The Morgan fingerprint density at radius 3 is 2.47 bits per heavy atom. The molecule has 6 heteroatoms. The van der Waals surface area contributed by atoms with E-state index in [-0.39, 0.29) is 18.6 Å². The van der Waals surface area contributed by atoms with Crippen molar-refractivity contribution < 1.29 is 14.3 Å². The van der Waals surface area contributed by atoms with Crippen LogP contribution in [0.4, 0.5) is 4.79 Å². The van der Waals surface area contributed by atoms with Gasteiger partial charge in [0, 0.05) is 26.2 Å². The highest BCUT2D eigenvalue weighted by Crippen LogP contribution is 2.14. The first-order valence-electron chi connectivity index (χ1n) is 6.97. The molecule has 1 heterocycles. The molecule has 1 aliphatic heterocycles. The van der Waals surface area contributed by atoms with Gasteiger partial charge in [-0.2, -0.15) is 0 Å². The fourth-order valence-electron chi connectivity index (χ4n) is 2.27. The standard InChI is InChI=1S/C13H25N3O3/c1-4-16-8-6-11(7-9-16)15(3)13(18)14-10-12(17)19-5-2/h11H,4-10H2,1-3H3,(H,14,18). The quantitative estimate of drug-likeness (QED) is 0.747. The third kappa shape index (κ3) is 5.06. The molecule has 19 heavy (non-hydrogen) atoms. The Balaban J connectivity index is 2.30. The second-order valence-electron chi connectivity index (χ2n) is 4.74. The molecule has 0 atom stereocenters. The van der Waals surface area contributed by atoms with Gasteiger partial charge in [0.1, 0.15) is 6.54 Å². The maximum absolute atomic E-state index is 11.9. The summed E-state index contributed by atoms with van der Waals surface area (Å²) in [4.78, 5) is 27.1. The van der Waals surface area contributed by atoms with Gasteiger partial charge in [-0.1, -0.05) is 6.92 Å². The van der Waals surface area contributed by atoms with Gasteiger partial charge in [-0.15, -0.1) is 0 Å². The second-order valence-corrected chi connectivity index (χ2v) is 4.74. The van der Waals surface area contributed by atoms with Crippen molar-refractivity contribution in [2.24, 2.45) is 0 Å². The number of rotatable bonds is 5. The van der Waals surface area contributed by atoms with Crippen LogP contribution in [0, 0.1) is 0 Å². The molecule has 0 aliphatic carbocycles. The number of carbonyl (C=O) groups excluding carboxylic acids is 2. The van der Waals surface area contributed by atoms with E-state index in [0.29, 0.717) is 6.61 Å². The third-order valence-electron chi connectivity index (χ3n) is 3.56. The number of amides is 2. The molecule has 0 aromatic rings. The summed E-state index contributed by atoms with van der Waals surface area (Å²) in [5.74, 6) is -0.398. The number of hydrogen-bond acceptors (Lipinski definition) is 4. The topological polar surface area (TPSA) is 61.9 Å². The normalized spacial score (nSPS) is 17.0. The number of nitrogens with zero attached hydrogens (tertiary/aromatic N) is 2. The van der Waals surface area contributed by atoms with Crippen LogP contribution in [-0.4, -0.2) is 67.7 Å². The number of nitrogens with one attached hydrogen (secondary N) is 1. The molecule has 6 nitrogen and oxygen atoms in total. The minimum atomic E-state index is -0.398. The minimum absolute atomic E-state index is 0.0647. The molecule has 1 saturated heterocycles. The van der Waals surface area contributed by atoms with Gasteiger partial charge >= 0.3 is 12.0 Å². The maximum atomic E-state index is 11.9. The van der Waals surface area contributed by atoms with E-state index in [1.165, 1.54) is 0 Å². The summed E-state index contributed by atoms with van der Waals surface area (Å²) in [5.41, 5.74) is 0. The number of ether oxygens (including phenoxy) is 1. The number of hydrogen-bond donors (Lipinski definition) is 1. The Morgan fingerprint density at radius 2 is 1.95 bits per heavy atom. The Kier molecular flexibility index (Phi) is 6.62. The Morgan fingerprint density at radius 1 is 1.32 bits per heavy atom. The minimum Gasteiger partial charge on any atom is -0.465 e. The zero-order valence-electron chi connectivity index (χ0n) is 12.1. The summed E-state index contributed by atoms with van der Waals surface area (Å²) in [5, 5.41) is 2.59. The maximum Gasteiger partial charge on any atom is 0.325 e. The highest BCUT2D eigenvalue weighted by molar-refractivity contribution is 5.80. The van der Waals surface area contributed by atoms with Crippen LogP contribution in [0.2, 0.25) is 0 Å². The predicted molar refractivity (Wildman–Crippen MR) is 72.9 cm³/mol. The van der Waals surface area contributed by atoms with Crippen LogP contribution in [0.5, 0.6) is 0 Å². The molecular weight excluding hydrogens is 246 g/mol. The van der Waals surface area contributed by atoms with Crippen molar-refractivity contribution in [3.05, 3.63) is 0 Å². The zero-order chi connectivity index (χ0) is 14.3. The Bertz CT molecular complexity index is 302. The van der Waals surface area contributed by atoms with Gasteiger partial charge in [0.15, 0.2) is 0 Å². The molecule has 0 spiro atoms. The average Bonchev–Trinajstić information content (AvgIpc) is 2.44. The van der Waals surface area contributed by atoms with Gasteiger partial charge in [0.05, 0.1) is 6.61 Å². The van der Waals surface area contributed by atoms with Crippen LogP contribution < -0.4 is 5.32 Å². The molecular formula is C13H25N3O3. The summed E-state index contributed by atoms with van der Waals surface area (Å²) in [6.07, 6.45) is 1.97. The molecule has 1 fully saturated rings. The van der Waals surface area contributed by atoms with Crippen molar-refractivity contribution in [1.82, 2.24) is 15.1 Å². The van der Waals surface area contributed by atoms with E-state index in [4.69, 9.17) is 4.74 Å². The van der Waals surface area contributed by atoms with Gasteiger partial charge in [-0.05, 0) is 26.3 Å². The lowest BCUT2D eigenvalue weighted by Crippen LogP contribution is -2.49. The van der Waals surface area contributed by atoms with Gasteiger partial charge in [-0.3, -0.25) is 4.79 Å². The van der Waals surface area contributed by atoms with Crippen LogP contribution in [0.1, 0.15) is 26.7 Å². The van der Waals surface area contributed by atoms with E-state index in [1.807, 2.05) is 0 Å².